The van der Waals surface area contributed by atoms with E-state index in [0.717, 1.165) is 47.8 Å². The number of carbonyl (C=O) groups is 1. The van der Waals surface area contributed by atoms with Gasteiger partial charge in [0.25, 0.3) is 0 Å². The second-order valence-corrected chi connectivity index (χ2v) is 7.28. The van der Waals surface area contributed by atoms with Crippen LogP contribution in [0.4, 0.5) is 11.4 Å². The zero-order chi connectivity index (χ0) is 18.5. The van der Waals surface area contributed by atoms with Crippen molar-refractivity contribution in [3.63, 3.8) is 0 Å². The van der Waals surface area contributed by atoms with Gasteiger partial charge in [-0.2, -0.15) is 0 Å². The number of methoxy groups -OCH3 is 1. The Labute approximate surface area is 163 Å². The number of anilines is 2. The second-order valence-electron chi connectivity index (χ2n) is 6.37. The largest absolute Gasteiger partial charge is 0.495 e. The quantitative estimate of drug-likeness (QED) is 0.806. The van der Waals surface area contributed by atoms with Crippen LogP contribution in [-0.4, -0.2) is 50.1 Å². The first kappa shape index (κ1) is 18.7. The molecule has 1 amide bonds. The summed E-state index contributed by atoms with van der Waals surface area (Å²) in [5.41, 5.74) is 1.93. The summed E-state index contributed by atoms with van der Waals surface area (Å²) in [6.07, 6.45) is 0. The van der Waals surface area contributed by atoms with Gasteiger partial charge in [0.15, 0.2) is 0 Å². The van der Waals surface area contributed by atoms with E-state index in [0.29, 0.717) is 0 Å². The highest BCUT2D eigenvalue weighted by molar-refractivity contribution is 9.10. The number of benzene rings is 2. The molecule has 2 aromatic carbocycles. The summed E-state index contributed by atoms with van der Waals surface area (Å²) in [6.45, 7) is 5.39. The van der Waals surface area contributed by atoms with E-state index in [4.69, 9.17) is 4.74 Å². The van der Waals surface area contributed by atoms with Crippen molar-refractivity contribution in [2.75, 3.05) is 43.5 Å². The molecule has 26 heavy (non-hydrogen) atoms. The van der Waals surface area contributed by atoms with E-state index in [1.807, 2.05) is 49.4 Å². The number of rotatable bonds is 5. The Morgan fingerprint density at radius 1 is 1.08 bits per heavy atom. The average Bonchev–Trinajstić information content (AvgIpc) is 2.69. The monoisotopic (exact) mass is 417 g/mol. The van der Waals surface area contributed by atoms with Crippen LogP contribution in [0.2, 0.25) is 0 Å². The third kappa shape index (κ3) is 4.37. The van der Waals surface area contributed by atoms with E-state index < -0.39 is 0 Å². The molecule has 138 valence electrons. The molecule has 1 heterocycles. The molecule has 0 bridgehead atoms. The summed E-state index contributed by atoms with van der Waals surface area (Å²) >= 11 is 3.40. The van der Waals surface area contributed by atoms with Gasteiger partial charge in [0.05, 0.1) is 18.8 Å². The fourth-order valence-corrected chi connectivity index (χ4v) is 3.45. The van der Waals surface area contributed by atoms with Gasteiger partial charge in [-0.3, -0.25) is 9.69 Å². The number of para-hydroxylation sites is 2. The third-order valence-electron chi connectivity index (χ3n) is 4.78. The molecule has 0 spiro atoms. The van der Waals surface area contributed by atoms with Crippen LogP contribution in [-0.2, 0) is 4.79 Å². The molecule has 0 radical (unpaired) electrons. The van der Waals surface area contributed by atoms with Gasteiger partial charge < -0.3 is 15.0 Å². The summed E-state index contributed by atoms with van der Waals surface area (Å²) in [7, 11) is 1.70. The minimum Gasteiger partial charge on any atom is -0.495 e. The Balaban J connectivity index is 1.57. The van der Waals surface area contributed by atoms with Gasteiger partial charge in [-0.05, 0) is 43.3 Å². The Hall–Kier alpha value is -2.05. The fourth-order valence-electron chi connectivity index (χ4n) is 3.19. The molecule has 1 aliphatic rings. The number of hydrogen-bond acceptors (Lipinski definition) is 4. The zero-order valence-corrected chi connectivity index (χ0v) is 16.7. The Morgan fingerprint density at radius 2 is 1.73 bits per heavy atom. The summed E-state index contributed by atoms with van der Waals surface area (Å²) in [6, 6.07) is 15.5. The van der Waals surface area contributed by atoms with Crippen LogP contribution in [0.3, 0.4) is 0 Å². The molecular formula is C20H24BrN3O2. The number of nitrogens with one attached hydrogen (secondary N) is 1. The maximum Gasteiger partial charge on any atom is 0.241 e. The van der Waals surface area contributed by atoms with E-state index in [1.54, 1.807) is 7.11 Å². The standard InChI is InChI=1S/C20H24BrN3O2/c1-15(20(25)22-17-9-7-16(21)8-10-17)23-11-13-24(14-12-23)18-5-3-4-6-19(18)26-2/h3-10,15H,11-14H2,1-2H3,(H,22,25). The van der Waals surface area contributed by atoms with Crippen LogP contribution in [0.1, 0.15) is 6.92 Å². The number of amides is 1. The lowest BCUT2D eigenvalue weighted by Gasteiger charge is -2.38. The molecule has 6 heteroatoms. The number of ether oxygens (including phenoxy) is 1. The van der Waals surface area contributed by atoms with Crippen LogP contribution in [0, 0.1) is 0 Å². The van der Waals surface area contributed by atoms with Crippen LogP contribution in [0.15, 0.2) is 53.0 Å². The van der Waals surface area contributed by atoms with Gasteiger partial charge in [-0.1, -0.05) is 28.1 Å². The molecule has 2 aromatic rings. The molecule has 0 aromatic heterocycles. The Kier molecular flexibility index (Phi) is 6.16. The molecule has 3 rings (SSSR count). The predicted octanol–water partition coefficient (Wildman–Crippen LogP) is 3.61. The zero-order valence-electron chi connectivity index (χ0n) is 15.1. The van der Waals surface area contributed by atoms with Crippen molar-refractivity contribution in [3.05, 3.63) is 53.0 Å². The molecule has 1 aliphatic heterocycles. The number of piperazine rings is 1. The number of hydrogen-bond donors (Lipinski definition) is 1. The normalized spacial score (nSPS) is 16.2. The molecule has 0 aliphatic carbocycles. The molecule has 0 saturated carbocycles. The second kappa shape index (κ2) is 8.56. The van der Waals surface area contributed by atoms with Crippen LogP contribution in [0.25, 0.3) is 0 Å². The molecule has 5 nitrogen and oxygen atoms in total. The van der Waals surface area contributed by atoms with Gasteiger partial charge >= 0.3 is 0 Å². The van der Waals surface area contributed by atoms with E-state index in [-0.39, 0.29) is 11.9 Å². The van der Waals surface area contributed by atoms with Crippen LogP contribution in [0.5, 0.6) is 5.75 Å². The van der Waals surface area contributed by atoms with Crippen molar-refractivity contribution in [2.24, 2.45) is 0 Å². The van der Waals surface area contributed by atoms with Crippen molar-refractivity contribution < 1.29 is 9.53 Å². The van der Waals surface area contributed by atoms with Crippen LogP contribution < -0.4 is 15.0 Å². The predicted molar refractivity (Wildman–Crippen MR) is 109 cm³/mol. The summed E-state index contributed by atoms with van der Waals surface area (Å²) in [5.74, 6) is 0.917. The van der Waals surface area contributed by atoms with Crippen molar-refractivity contribution in [1.29, 1.82) is 0 Å². The molecule has 1 saturated heterocycles. The van der Waals surface area contributed by atoms with Crippen molar-refractivity contribution in [1.82, 2.24) is 4.90 Å². The highest BCUT2D eigenvalue weighted by Crippen LogP contribution is 2.28. The number of nitrogens with zero attached hydrogens (tertiary/aromatic N) is 2. The van der Waals surface area contributed by atoms with Gasteiger partial charge in [-0.25, -0.2) is 0 Å². The number of carbonyl (C=O) groups excluding carboxylic acids is 1. The third-order valence-corrected chi connectivity index (χ3v) is 5.31. The highest BCUT2D eigenvalue weighted by atomic mass is 79.9. The molecular weight excluding hydrogens is 394 g/mol. The lowest BCUT2D eigenvalue weighted by molar-refractivity contribution is -0.120. The van der Waals surface area contributed by atoms with Gasteiger partial charge in [0.2, 0.25) is 5.91 Å². The van der Waals surface area contributed by atoms with Crippen molar-refractivity contribution in [2.45, 2.75) is 13.0 Å². The minimum atomic E-state index is -0.168. The van der Waals surface area contributed by atoms with Gasteiger partial charge in [-0.15, -0.1) is 0 Å². The first-order valence-electron chi connectivity index (χ1n) is 8.77. The van der Waals surface area contributed by atoms with E-state index >= 15 is 0 Å². The molecule has 1 unspecified atom stereocenters. The van der Waals surface area contributed by atoms with Crippen LogP contribution >= 0.6 is 15.9 Å². The maximum absolute atomic E-state index is 12.6. The topological polar surface area (TPSA) is 44.8 Å². The van der Waals surface area contributed by atoms with Crippen molar-refractivity contribution >= 4 is 33.2 Å². The van der Waals surface area contributed by atoms with Gasteiger partial charge in [0, 0.05) is 36.3 Å². The summed E-state index contributed by atoms with van der Waals surface area (Å²) in [5, 5.41) is 2.99. The first-order valence-corrected chi connectivity index (χ1v) is 9.56. The van der Waals surface area contributed by atoms with E-state index in [9.17, 15) is 4.79 Å². The van der Waals surface area contributed by atoms with Crippen molar-refractivity contribution in [3.8, 4) is 5.75 Å². The first-order chi connectivity index (χ1) is 12.6. The molecule has 1 N–H and O–H groups in total. The maximum atomic E-state index is 12.6. The Bertz CT molecular complexity index is 743. The SMILES string of the molecule is COc1ccccc1N1CCN(C(C)C(=O)Nc2ccc(Br)cc2)CC1. The summed E-state index contributed by atoms with van der Waals surface area (Å²) in [4.78, 5) is 17.1. The Morgan fingerprint density at radius 3 is 2.38 bits per heavy atom. The lowest BCUT2D eigenvalue weighted by atomic mass is 10.2. The fraction of sp³-hybridized carbons (Fsp3) is 0.350. The summed E-state index contributed by atoms with van der Waals surface area (Å²) < 4.78 is 6.46. The molecule has 1 atom stereocenters. The minimum absolute atomic E-state index is 0.0260. The highest BCUT2D eigenvalue weighted by Gasteiger charge is 2.26. The lowest BCUT2D eigenvalue weighted by Crippen LogP contribution is -2.52. The smallest absolute Gasteiger partial charge is 0.241 e. The number of halogens is 1. The van der Waals surface area contributed by atoms with Gasteiger partial charge in [0.1, 0.15) is 5.75 Å². The average molecular weight is 418 g/mol. The van der Waals surface area contributed by atoms with E-state index in [2.05, 4.69) is 37.1 Å². The molecule has 1 fully saturated rings. The van der Waals surface area contributed by atoms with E-state index in [1.165, 1.54) is 0 Å².